The molecule has 0 aromatic heterocycles. The van der Waals surface area contributed by atoms with Gasteiger partial charge in [0.15, 0.2) is 0 Å². The zero-order chi connectivity index (χ0) is 18.8. The molecule has 1 N–H and O–H groups in total. The molecule has 2 aromatic carbocycles. The molecule has 0 amide bonds. The van der Waals surface area contributed by atoms with Crippen molar-refractivity contribution in [2.24, 2.45) is 0 Å². The molecule has 1 heterocycles. The predicted octanol–water partition coefficient (Wildman–Crippen LogP) is 2.14. The standard InChI is InChI=1S/C17H17N3O4S2/c18-13-14-4-3-5-15(12-14)19-25(21,22)16-6-8-17(9-7-16)26(23,24)20-10-1-2-11-20/h3-9,12,19H,1-2,10-11H2. The lowest BCUT2D eigenvalue weighted by atomic mass is 10.2. The van der Waals surface area contributed by atoms with E-state index in [0.717, 1.165) is 12.8 Å². The van der Waals surface area contributed by atoms with E-state index in [1.54, 1.807) is 12.1 Å². The molecule has 7 nitrogen and oxygen atoms in total. The highest BCUT2D eigenvalue weighted by Crippen LogP contribution is 2.23. The number of anilines is 1. The van der Waals surface area contributed by atoms with Crippen LogP contribution in [0.3, 0.4) is 0 Å². The average Bonchev–Trinajstić information content (AvgIpc) is 3.17. The average molecular weight is 391 g/mol. The first-order chi connectivity index (χ1) is 12.3. The molecule has 1 saturated heterocycles. The molecule has 0 atom stereocenters. The van der Waals surface area contributed by atoms with Gasteiger partial charge in [-0.25, -0.2) is 16.8 Å². The maximum Gasteiger partial charge on any atom is 0.261 e. The Morgan fingerprint density at radius 3 is 2.15 bits per heavy atom. The number of benzene rings is 2. The van der Waals surface area contributed by atoms with E-state index in [1.807, 2.05) is 6.07 Å². The van der Waals surface area contributed by atoms with Gasteiger partial charge >= 0.3 is 0 Å². The maximum absolute atomic E-state index is 12.5. The van der Waals surface area contributed by atoms with Gasteiger partial charge in [0.25, 0.3) is 10.0 Å². The van der Waals surface area contributed by atoms with Crippen molar-refractivity contribution in [3.05, 3.63) is 54.1 Å². The van der Waals surface area contributed by atoms with Crippen molar-refractivity contribution in [2.45, 2.75) is 22.6 Å². The van der Waals surface area contributed by atoms with Crippen molar-refractivity contribution in [1.29, 1.82) is 5.26 Å². The Morgan fingerprint density at radius 1 is 0.923 bits per heavy atom. The van der Waals surface area contributed by atoms with Crippen molar-refractivity contribution >= 4 is 25.7 Å². The van der Waals surface area contributed by atoms with Crippen LogP contribution in [0.4, 0.5) is 5.69 Å². The van der Waals surface area contributed by atoms with Crippen LogP contribution in [0.5, 0.6) is 0 Å². The second-order valence-electron chi connectivity index (χ2n) is 5.88. The van der Waals surface area contributed by atoms with Gasteiger partial charge in [0, 0.05) is 13.1 Å². The van der Waals surface area contributed by atoms with E-state index >= 15 is 0 Å². The Kier molecular flexibility index (Phi) is 5.00. The van der Waals surface area contributed by atoms with E-state index in [1.165, 1.54) is 40.7 Å². The van der Waals surface area contributed by atoms with Gasteiger partial charge in [0.1, 0.15) is 0 Å². The Bertz CT molecular complexity index is 1050. The predicted molar refractivity (Wildman–Crippen MR) is 96.4 cm³/mol. The summed E-state index contributed by atoms with van der Waals surface area (Å²) in [5.74, 6) is 0. The van der Waals surface area contributed by atoms with Crippen molar-refractivity contribution in [3.8, 4) is 6.07 Å². The Balaban J connectivity index is 1.84. The number of hydrogen-bond acceptors (Lipinski definition) is 5. The van der Waals surface area contributed by atoms with Gasteiger partial charge in [-0.15, -0.1) is 0 Å². The number of nitrogens with one attached hydrogen (secondary N) is 1. The third-order valence-electron chi connectivity index (χ3n) is 4.08. The lowest BCUT2D eigenvalue weighted by Crippen LogP contribution is -2.27. The SMILES string of the molecule is N#Cc1cccc(NS(=O)(=O)c2ccc(S(=O)(=O)N3CCCC3)cc2)c1. The van der Waals surface area contributed by atoms with Crippen LogP contribution in [-0.2, 0) is 20.0 Å². The molecule has 0 saturated carbocycles. The number of nitriles is 1. The Morgan fingerprint density at radius 2 is 1.54 bits per heavy atom. The van der Waals surface area contributed by atoms with Crippen molar-refractivity contribution in [1.82, 2.24) is 4.31 Å². The quantitative estimate of drug-likeness (QED) is 0.840. The molecule has 0 spiro atoms. The highest BCUT2D eigenvalue weighted by molar-refractivity contribution is 7.92. The number of nitrogens with zero attached hydrogens (tertiary/aromatic N) is 2. The Hall–Kier alpha value is -2.41. The topological polar surface area (TPSA) is 107 Å². The Labute approximate surface area is 153 Å². The molecule has 0 aliphatic carbocycles. The van der Waals surface area contributed by atoms with Crippen molar-refractivity contribution in [3.63, 3.8) is 0 Å². The zero-order valence-corrected chi connectivity index (χ0v) is 15.4. The normalized spacial score (nSPS) is 15.5. The summed E-state index contributed by atoms with van der Waals surface area (Å²) >= 11 is 0. The maximum atomic E-state index is 12.5. The summed E-state index contributed by atoms with van der Waals surface area (Å²) in [4.78, 5) is 0.0186. The van der Waals surface area contributed by atoms with Crippen LogP contribution in [0.25, 0.3) is 0 Å². The van der Waals surface area contributed by atoms with Crippen molar-refractivity contribution in [2.75, 3.05) is 17.8 Å². The smallest absolute Gasteiger partial charge is 0.261 e. The van der Waals surface area contributed by atoms with Gasteiger partial charge in [-0.05, 0) is 55.3 Å². The highest BCUT2D eigenvalue weighted by Gasteiger charge is 2.27. The van der Waals surface area contributed by atoms with Gasteiger partial charge in [-0.3, -0.25) is 4.72 Å². The first kappa shape index (κ1) is 18.4. The number of hydrogen-bond donors (Lipinski definition) is 1. The van der Waals surface area contributed by atoms with E-state index in [9.17, 15) is 16.8 Å². The molecule has 1 aliphatic heterocycles. The summed E-state index contributed by atoms with van der Waals surface area (Å²) in [6.07, 6.45) is 1.66. The minimum atomic E-state index is -3.89. The van der Waals surface area contributed by atoms with Crippen LogP contribution in [0.15, 0.2) is 58.3 Å². The minimum absolute atomic E-state index is 0.0553. The van der Waals surface area contributed by atoms with Crippen molar-refractivity contribution < 1.29 is 16.8 Å². The third-order valence-corrected chi connectivity index (χ3v) is 7.39. The number of rotatable bonds is 5. The highest BCUT2D eigenvalue weighted by atomic mass is 32.2. The monoisotopic (exact) mass is 391 g/mol. The molecular weight excluding hydrogens is 374 g/mol. The largest absolute Gasteiger partial charge is 0.280 e. The number of sulfonamides is 2. The molecule has 1 aliphatic rings. The van der Waals surface area contributed by atoms with Gasteiger partial charge in [-0.1, -0.05) is 6.07 Å². The van der Waals surface area contributed by atoms with Gasteiger partial charge < -0.3 is 0 Å². The van der Waals surface area contributed by atoms with Crippen LogP contribution in [0.2, 0.25) is 0 Å². The first-order valence-corrected chi connectivity index (χ1v) is 10.9. The van der Waals surface area contributed by atoms with Crippen LogP contribution in [0.1, 0.15) is 18.4 Å². The summed E-state index contributed by atoms with van der Waals surface area (Å²) in [5, 5.41) is 8.89. The van der Waals surface area contributed by atoms with Gasteiger partial charge in [-0.2, -0.15) is 9.57 Å². The summed E-state index contributed by atoms with van der Waals surface area (Å²) in [5.41, 5.74) is 0.593. The molecule has 2 aromatic rings. The van der Waals surface area contributed by atoms with Crippen LogP contribution in [-0.4, -0.2) is 34.2 Å². The molecule has 9 heteroatoms. The first-order valence-electron chi connectivity index (χ1n) is 7.96. The summed E-state index contributed by atoms with van der Waals surface area (Å²) in [7, 11) is -7.47. The molecule has 0 unspecified atom stereocenters. The molecule has 0 bridgehead atoms. The lowest BCUT2D eigenvalue weighted by Gasteiger charge is -2.15. The van der Waals surface area contributed by atoms with Crippen LogP contribution >= 0.6 is 0 Å². The van der Waals surface area contributed by atoms with Gasteiger partial charge in [0.05, 0.1) is 27.1 Å². The fraction of sp³-hybridized carbons (Fsp3) is 0.235. The summed E-state index contributed by atoms with van der Waals surface area (Å²) in [6.45, 7) is 0.971. The second kappa shape index (κ2) is 7.07. The van der Waals surface area contributed by atoms with E-state index < -0.39 is 20.0 Å². The fourth-order valence-corrected chi connectivity index (χ4v) is 5.30. The summed E-state index contributed by atoms with van der Waals surface area (Å²) < 4.78 is 53.7. The summed E-state index contributed by atoms with van der Waals surface area (Å²) in [6, 6.07) is 13.2. The molecule has 0 radical (unpaired) electrons. The minimum Gasteiger partial charge on any atom is -0.280 e. The van der Waals surface area contributed by atoms with Crippen LogP contribution in [0, 0.1) is 11.3 Å². The third kappa shape index (κ3) is 3.72. The van der Waals surface area contributed by atoms with E-state index in [0.29, 0.717) is 18.7 Å². The molecule has 136 valence electrons. The molecule has 26 heavy (non-hydrogen) atoms. The lowest BCUT2D eigenvalue weighted by molar-refractivity contribution is 0.477. The zero-order valence-electron chi connectivity index (χ0n) is 13.8. The van der Waals surface area contributed by atoms with E-state index in [2.05, 4.69) is 4.72 Å². The molecular formula is C17H17N3O4S2. The molecule has 3 rings (SSSR count). The van der Waals surface area contributed by atoms with Crippen LogP contribution < -0.4 is 4.72 Å². The van der Waals surface area contributed by atoms with E-state index in [-0.39, 0.29) is 15.5 Å². The molecule has 1 fully saturated rings. The second-order valence-corrected chi connectivity index (χ2v) is 9.50. The van der Waals surface area contributed by atoms with E-state index in [4.69, 9.17) is 5.26 Å². The van der Waals surface area contributed by atoms with Gasteiger partial charge in [0.2, 0.25) is 10.0 Å². The fourth-order valence-electron chi connectivity index (χ4n) is 2.73.